The van der Waals surface area contributed by atoms with Gasteiger partial charge in [-0.2, -0.15) is 0 Å². The lowest BCUT2D eigenvalue weighted by Crippen LogP contribution is -2.25. The molecule has 0 aromatic heterocycles. The van der Waals surface area contributed by atoms with Crippen molar-refractivity contribution >= 4 is 12.1 Å². The first-order valence-corrected chi connectivity index (χ1v) is 2.18. The van der Waals surface area contributed by atoms with E-state index in [9.17, 15) is 9.59 Å². The molecule has 0 atom stereocenters. The maximum Gasteiger partial charge on any atom is 0.440 e. The summed E-state index contributed by atoms with van der Waals surface area (Å²) in [5.74, 6) is -0.597. The van der Waals surface area contributed by atoms with E-state index in [1.165, 1.54) is 7.11 Å². The lowest BCUT2D eigenvalue weighted by Gasteiger charge is -1.99. The van der Waals surface area contributed by atoms with Gasteiger partial charge in [0.2, 0.25) is 0 Å². The zero-order valence-electron chi connectivity index (χ0n) is 5.13. The van der Waals surface area contributed by atoms with E-state index in [-0.39, 0.29) is 0 Å². The molecule has 0 aliphatic heterocycles. The second-order valence-corrected chi connectivity index (χ2v) is 1.19. The fourth-order valence-electron chi connectivity index (χ4n) is 0.155. The number of hydrogen-bond donors (Lipinski definition) is 1. The van der Waals surface area contributed by atoms with E-state index in [1.807, 2.05) is 0 Å². The summed E-state index contributed by atoms with van der Waals surface area (Å²) in [4.78, 5) is 24.1. The minimum absolute atomic E-state index is 0.597. The molecule has 0 aromatic carbocycles. The summed E-state index contributed by atoms with van der Waals surface area (Å²) < 4.78 is 4.07. The first-order valence-electron chi connectivity index (χ1n) is 2.18. The van der Waals surface area contributed by atoms with Gasteiger partial charge in [-0.05, 0) is 0 Å². The SMILES string of the molecule is COC(=O)NOC(C)=O. The van der Waals surface area contributed by atoms with E-state index in [1.54, 1.807) is 5.48 Å². The van der Waals surface area contributed by atoms with E-state index in [2.05, 4.69) is 9.57 Å². The summed E-state index contributed by atoms with van der Waals surface area (Å²) in [7, 11) is 1.17. The number of amides is 1. The van der Waals surface area contributed by atoms with E-state index in [0.717, 1.165) is 6.92 Å². The summed E-state index contributed by atoms with van der Waals surface area (Å²) in [5, 5.41) is 0. The molecule has 0 fully saturated rings. The van der Waals surface area contributed by atoms with Crippen molar-refractivity contribution in [3.05, 3.63) is 0 Å². The van der Waals surface area contributed by atoms with Crippen molar-refractivity contribution in [2.75, 3.05) is 7.11 Å². The van der Waals surface area contributed by atoms with Gasteiger partial charge in [-0.3, -0.25) is 4.79 Å². The van der Waals surface area contributed by atoms with Crippen LogP contribution in [-0.2, 0) is 14.4 Å². The highest BCUT2D eigenvalue weighted by molar-refractivity contribution is 5.71. The summed E-state index contributed by atoms with van der Waals surface area (Å²) in [6, 6.07) is 0. The summed E-state index contributed by atoms with van der Waals surface area (Å²) in [6.07, 6.45) is -0.801. The Bertz CT molecular complexity index is 122. The molecule has 0 spiro atoms. The van der Waals surface area contributed by atoms with Gasteiger partial charge in [-0.25, -0.2) is 4.79 Å². The lowest BCUT2D eigenvalue weighted by molar-refractivity contribution is -0.146. The van der Waals surface area contributed by atoms with Crippen molar-refractivity contribution in [2.24, 2.45) is 0 Å². The van der Waals surface area contributed by atoms with Gasteiger partial charge in [-0.1, -0.05) is 0 Å². The molecule has 0 unspecified atom stereocenters. The molecular formula is C4H7NO4. The van der Waals surface area contributed by atoms with Crippen molar-refractivity contribution in [3.8, 4) is 0 Å². The van der Waals surface area contributed by atoms with E-state index < -0.39 is 12.1 Å². The van der Waals surface area contributed by atoms with Crippen molar-refractivity contribution in [2.45, 2.75) is 6.92 Å². The van der Waals surface area contributed by atoms with Crippen LogP contribution < -0.4 is 5.48 Å². The first-order chi connectivity index (χ1) is 4.16. The molecule has 0 saturated carbocycles. The predicted octanol–water partition coefficient (Wildman–Crippen LogP) is -0.179. The fraction of sp³-hybridized carbons (Fsp3) is 0.500. The van der Waals surface area contributed by atoms with Crippen LogP contribution in [0.2, 0.25) is 0 Å². The number of ether oxygens (including phenoxy) is 1. The molecule has 0 bridgehead atoms. The molecule has 0 rings (SSSR count). The Labute approximate surface area is 51.9 Å². The van der Waals surface area contributed by atoms with Crippen LogP contribution in [0.1, 0.15) is 6.92 Å². The monoisotopic (exact) mass is 133 g/mol. The van der Waals surface area contributed by atoms with E-state index in [4.69, 9.17) is 0 Å². The second kappa shape index (κ2) is 3.71. The van der Waals surface area contributed by atoms with E-state index in [0.29, 0.717) is 0 Å². The highest BCUT2D eigenvalue weighted by Crippen LogP contribution is 1.72. The highest BCUT2D eigenvalue weighted by atomic mass is 16.7. The quantitative estimate of drug-likeness (QED) is 0.465. The van der Waals surface area contributed by atoms with Gasteiger partial charge in [0.05, 0.1) is 7.11 Å². The van der Waals surface area contributed by atoms with Crippen molar-refractivity contribution < 1.29 is 19.2 Å². The van der Waals surface area contributed by atoms with Crippen LogP contribution in [0.4, 0.5) is 4.79 Å². The van der Waals surface area contributed by atoms with E-state index >= 15 is 0 Å². The van der Waals surface area contributed by atoms with Gasteiger partial charge < -0.3 is 9.57 Å². The number of nitrogens with one attached hydrogen (secondary N) is 1. The van der Waals surface area contributed by atoms with Crippen molar-refractivity contribution in [1.29, 1.82) is 0 Å². The zero-order chi connectivity index (χ0) is 7.28. The van der Waals surface area contributed by atoms with Gasteiger partial charge in [-0.15, -0.1) is 5.48 Å². The molecular weight excluding hydrogens is 126 g/mol. The molecule has 0 radical (unpaired) electrons. The zero-order valence-corrected chi connectivity index (χ0v) is 5.13. The largest absolute Gasteiger partial charge is 0.451 e. The summed E-state index contributed by atoms with van der Waals surface area (Å²) in [6.45, 7) is 1.16. The highest BCUT2D eigenvalue weighted by Gasteiger charge is 1.98. The second-order valence-electron chi connectivity index (χ2n) is 1.19. The minimum atomic E-state index is -0.801. The van der Waals surface area contributed by atoms with Gasteiger partial charge in [0, 0.05) is 6.92 Å². The molecule has 1 amide bonds. The Morgan fingerprint density at radius 3 is 2.33 bits per heavy atom. The van der Waals surface area contributed by atoms with Crippen molar-refractivity contribution in [3.63, 3.8) is 0 Å². The molecule has 5 nitrogen and oxygen atoms in total. The van der Waals surface area contributed by atoms with Crippen LogP contribution in [0.15, 0.2) is 0 Å². The van der Waals surface area contributed by atoms with Crippen molar-refractivity contribution in [1.82, 2.24) is 5.48 Å². The third kappa shape index (κ3) is 4.60. The minimum Gasteiger partial charge on any atom is -0.451 e. The topological polar surface area (TPSA) is 64.6 Å². The maximum absolute atomic E-state index is 10.1. The molecule has 1 N–H and O–H groups in total. The molecule has 0 aliphatic carbocycles. The molecule has 9 heavy (non-hydrogen) atoms. The van der Waals surface area contributed by atoms with Crippen LogP contribution in [0.5, 0.6) is 0 Å². The number of rotatable bonds is 0. The fourth-order valence-corrected chi connectivity index (χ4v) is 0.155. The van der Waals surface area contributed by atoms with Crippen LogP contribution in [-0.4, -0.2) is 19.2 Å². The van der Waals surface area contributed by atoms with Gasteiger partial charge >= 0.3 is 12.1 Å². The van der Waals surface area contributed by atoms with Crippen LogP contribution in [0.3, 0.4) is 0 Å². The molecule has 0 aromatic rings. The third-order valence-corrected chi connectivity index (χ3v) is 0.463. The number of carbonyl (C=O) groups excluding carboxylic acids is 2. The third-order valence-electron chi connectivity index (χ3n) is 0.463. The number of hydrogen-bond acceptors (Lipinski definition) is 4. The Kier molecular flexibility index (Phi) is 3.19. The number of methoxy groups -OCH3 is 1. The Balaban J connectivity index is 3.28. The molecule has 0 aliphatic rings. The summed E-state index contributed by atoms with van der Waals surface area (Å²) >= 11 is 0. The Morgan fingerprint density at radius 1 is 1.44 bits per heavy atom. The van der Waals surface area contributed by atoms with Gasteiger partial charge in [0.25, 0.3) is 0 Å². The van der Waals surface area contributed by atoms with Crippen LogP contribution >= 0.6 is 0 Å². The molecule has 0 saturated heterocycles. The number of carbonyl (C=O) groups is 2. The van der Waals surface area contributed by atoms with Crippen LogP contribution in [0, 0.1) is 0 Å². The molecule has 52 valence electrons. The van der Waals surface area contributed by atoms with Gasteiger partial charge in [0.1, 0.15) is 0 Å². The Morgan fingerprint density at radius 2 is 2.00 bits per heavy atom. The average Bonchev–Trinajstić information content (AvgIpc) is 1.83. The average molecular weight is 133 g/mol. The summed E-state index contributed by atoms with van der Waals surface area (Å²) in [5.41, 5.74) is 1.72. The maximum atomic E-state index is 10.1. The van der Waals surface area contributed by atoms with Crippen LogP contribution in [0.25, 0.3) is 0 Å². The first kappa shape index (κ1) is 7.74. The predicted molar refractivity (Wildman–Crippen MR) is 27.3 cm³/mol. The standard InChI is InChI=1S/C4H7NO4/c1-3(6)9-5-4(7)8-2/h1-2H3,(H,5,7). The smallest absolute Gasteiger partial charge is 0.440 e. The Hall–Kier alpha value is -1.26. The molecule has 0 heterocycles. The molecule has 5 heteroatoms. The van der Waals surface area contributed by atoms with Gasteiger partial charge in [0.15, 0.2) is 0 Å². The normalized spacial score (nSPS) is 7.78. The number of hydroxylamine groups is 1. The lowest BCUT2D eigenvalue weighted by atomic mass is 10.8.